The number of halogens is 2. The molecule has 1 aromatic heterocycles. The Bertz CT molecular complexity index is 951. The Hall–Kier alpha value is -2.86. The average Bonchev–Trinajstić information content (AvgIpc) is 3.17. The lowest BCUT2D eigenvalue weighted by atomic mass is 10.0. The van der Waals surface area contributed by atoms with Gasteiger partial charge < -0.3 is 4.74 Å². The highest BCUT2D eigenvalue weighted by molar-refractivity contribution is 7.12. The van der Waals surface area contributed by atoms with Crippen molar-refractivity contribution in [1.82, 2.24) is 0 Å². The van der Waals surface area contributed by atoms with Crippen LogP contribution in [0.3, 0.4) is 0 Å². The second kappa shape index (κ2) is 7.58. The second-order valence-electron chi connectivity index (χ2n) is 5.57. The number of hydrogen-bond donors (Lipinski definition) is 0. The summed E-state index contributed by atoms with van der Waals surface area (Å²) in [6.07, 6.45) is -1.01. The van der Waals surface area contributed by atoms with Gasteiger partial charge in [0.25, 0.3) is 0 Å². The number of carbonyl (C=O) groups is 2. The number of esters is 1. The van der Waals surface area contributed by atoms with Crippen molar-refractivity contribution in [3.05, 3.63) is 93.2 Å². The Morgan fingerprint density at radius 2 is 1.73 bits per heavy atom. The third kappa shape index (κ3) is 3.70. The standard InChI is InChI=1S/C20H14F2O3S/c1-12(16-11-13(21)8-9-17(16)22)25-20(24)15-6-3-2-5-14(15)19(23)18-7-4-10-26-18/h2-12H,1H3/t12-/m0/s1. The van der Waals surface area contributed by atoms with Gasteiger partial charge in [-0.15, -0.1) is 11.3 Å². The van der Waals surface area contributed by atoms with Crippen molar-refractivity contribution in [2.24, 2.45) is 0 Å². The molecule has 0 aliphatic rings. The lowest BCUT2D eigenvalue weighted by Gasteiger charge is -2.15. The molecule has 3 rings (SSSR count). The van der Waals surface area contributed by atoms with Gasteiger partial charge in [0.15, 0.2) is 0 Å². The van der Waals surface area contributed by atoms with E-state index < -0.39 is 23.7 Å². The Kier molecular flexibility index (Phi) is 5.23. The molecule has 1 atom stereocenters. The number of benzene rings is 2. The Morgan fingerprint density at radius 3 is 2.42 bits per heavy atom. The zero-order valence-corrected chi connectivity index (χ0v) is 14.6. The number of carbonyl (C=O) groups excluding carboxylic acids is 2. The van der Waals surface area contributed by atoms with E-state index in [0.717, 1.165) is 18.2 Å². The molecule has 2 aromatic carbocycles. The normalized spacial score (nSPS) is 11.8. The highest BCUT2D eigenvalue weighted by atomic mass is 32.1. The van der Waals surface area contributed by atoms with Crippen LogP contribution < -0.4 is 0 Å². The summed E-state index contributed by atoms with van der Waals surface area (Å²) in [5, 5.41) is 1.77. The van der Waals surface area contributed by atoms with Crippen molar-refractivity contribution in [2.75, 3.05) is 0 Å². The molecule has 0 radical (unpaired) electrons. The third-order valence-corrected chi connectivity index (χ3v) is 4.69. The number of thiophene rings is 1. The van der Waals surface area contributed by atoms with Gasteiger partial charge in [-0.25, -0.2) is 13.6 Å². The predicted octanol–water partition coefficient (Wildman–Crippen LogP) is 5.18. The van der Waals surface area contributed by atoms with Crippen molar-refractivity contribution in [3.63, 3.8) is 0 Å². The maximum atomic E-state index is 13.9. The van der Waals surface area contributed by atoms with Gasteiger partial charge in [-0.2, -0.15) is 0 Å². The summed E-state index contributed by atoms with van der Waals surface area (Å²) < 4.78 is 32.5. The third-order valence-electron chi connectivity index (χ3n) is 3.82. The Balaban J connectivity index is 1.87. The summed E-state index contributed by atoms with van der Waals surface area (Å²) in [4.78, 5) is 25.6. The molecule has 1 heterocycles. The van der Waals surface area contributed by atoms with E-state index in [9.17, 15) is 18.4 Å². The first-order valence-electron chi connectivity index (χ1n) is 7.80. The zero-order chi connectivity index (χ0) is 18.7. The molecule has 0 saturated heterocycles. The highest BCUT2D eigenvalue weighted by Gasteiger charge is 2.23. The maximum absolute atomic E-state index is 13.9. The van der Waals surface area contributed by atoms with Crippen LogP contribution >= 0.6 is 11.3 Å². The van der Waals surface area contributed by atoms with Crippen molar-refractivity contribution >= 4 is 23.1 Å². The van der Waals surface area contributed by atoms with Gasteiger partial charge in [-0.1, -0.05) is 24.3 Å². The van der Waals surface area contributed by atoms with Gasteiger partial charge in [0.05, 0.1) is 10.4 Å². The summed E-state index contributed by atoms with van der Waals surface area (Å²) in [5.74, 6) is -2.37. The molecule has 0 aliphatic heterocycles. The van der Waals surface area contributed by atoms with Crippen molar-refractivity contribution in [3.8, 4) is 0 Å². The number of rotatable bonds is 5. The largest absolute Gasteiger partial charge is 0.454 e. The number of ether oxygens (including phenoxy) is 1. The van der Waals surface area contributed by atoms with E-state index >= 15 is 0 Å². The fourth-order valence-corrected chi connectivity index (χ4v) is 3.19. The molecule has 0 unspecified atom stereocenters. The molecular formula is C20H14F2O3S. The van der Waals surface area contributed by atoms with Crippen LogP contribution in [0, 0.1) is 11.6 Å². The zero-order valence-electron chi connectivity index (χ0n) is 13.7. The van der Waals surface area contributed by atoms with Crippen LogP contribution in [0.4, 0.5) is 8.78 Å². The predicted molar refractivity (Wildman–Crippen MR) is 94.4 cm³/mol. The van der Waals surface area contributed by atoms with Crippen LogP contribution in [-0.2, 0) is 4.74 Å². The van der Waals surface area contributed by atoms with Crippen molar-refractivity contribution in [1.29, 1.82) is 0 Å². The maximum Gasteiger partial charge on any atom is 0.339 e. The SMILES string of the molecule is C[C@H](OC(=O)c1ccccc1C(=O)c1cccs1)c1cc(F)ccc1F. The molecule has 0 amide bonds. The Labute approximate surface area is 152 Å². The van der Waals surface area contributed by atoms with E-state index in [1.54, 1.807) is 29.6 Å². The van der Waals surface area contributed by atoms with Crippen LogP contribution in [0.1, 0.15) is 44.2 Å². The molecule has 26 heavy (non-hydrogen) atoms. The molecule has 3 aromatic rings. The lowest BCUT2D eigenvalue weighted by molar-refractivity contribution is 0.0328. The van der Waals surface area contributed by atoms with E-state index in [4.69, 9.17) is 4.74 Å². The van der Waals surface area contributed by atoms with Gasteiger partial charge >= 0.3 is 5.97 Å². The van der Waals surface area contributed by atoms with E-state index in [-0.39, 0.29) is 22.5 Å². The van der Waals surface area contributed by atoms with Gasteiger partial charge in [0.1, 0.15) is 17.7 Å². The van der Waals surface area contributed by atoms with E-state index in [1.165, 1.54) is 30.4 Å². The summed E-state index contributed by atoms with van der Waals surface area (Å²) in [6.45, 7) is 1.44. The molecule has 3 nitrogen and oxygen atoms in total. The Morgan fingerprint density at radius 1 is 1.00 bits per heavy atom. The molecule has 132 valence electrons. The monoisotopic (exact) mass is 372 g/mol. The van der Waals surface area contributed by atoms with Crippen LogP contribution in [0.25, 0.3) is 0 Å². The summed E-state index contributed by atoms with van der Waals surface area (Å²) in [7, 11) is 0. The minimum atomic E-state index is -1.01. The van der Waals surface area contributed by atoms with Crippen molar-refractivity contribution in [2.45, 2.75) is 13.0 Å². The lowest BCUT2D eigenvalue weighted by Crippen LogP contribution is -2.15. The number of ketones is 1. The van der Waals surface area contributed by atoms with Crippen LogP contribution in [0.5, 0.6) is 0 Å². The van der Waals surface area contributed by atoms with E-state index in [0.29, 0.717) is 4.88 Å². The minimum absolute atomic E-state index is 0.0691. The van der Waals surface area contributed by atoms with Gasteiger partial charge in [-0.05, 0) is 42.6 Å². The van der Waals surface area contributed by atoms with E-state index in [2.05, 4.69) is 0 Å². The first-order chi connectivity index (χ1) is 12.5. The molecule has 0 bridgehead atoms. The average molecular weight is 372 g/mol. The number of hydrogen-bond acceptors (Lipinski definition) is 4. The first kappa shape index (κ1) is 17.9. The van der Waals surface area contributed by atoms with E-state index in [1.807, 2.05) is 0 Å². The second-order valence-corrected chi connectivity index (χ2v) is 6.51. The van der Waals surface area contributed by atoms with Crippen molar-refractivity contribution < 1.29 is 23.1 Å². The molecule has 0 saturated carbocycles. The summed E-state index contributed by atoms with van der Waals surface area (Å²) >= 11 is 1.27. The molecule has 0 N–H and O–H groups in total. The molecular weight excluding hydrogens is 358 g/mol. The fraction of sp³-hybridized carbons (Fsp3) is 0.100. The summed E-state index contributed by atoms with van der Waals surface area (Å²) in [6, 6.07) is 12.6. The summed E-state index contributed by atoms with van der Waals surface area (Å²) in [5.41, 5.74) is 0.210. The molecule has 0 fully saturated rings. The topological polar surface area (TPSA) is 43.4 Å². The van der Waals surface area contributed by atoms with Gasteiger partial charge in [-0.3, -0.25) is 4.79 Å². The van der Waals surface area contributed by atoms with Crippen LogP contribution in [0.15, 0.2) is 60.0 Å². The van der Waals surface area contributed by atoms with Crippen LogP contribution in [0.2, 0.25) is 0 Å². The van der Waals surface area contributed by atoms with Gasteiger partial charge in [0.2, 0.25) is 5.78 Å². The first-order valence-corrected chi connectivity index (χ1v) is 8.68. The highest BCUT2D eigenvalue weighted by Crippen LogP contribution is 2.24. The van der Waals surface area contributed by atoms with Crippen LogP contribution in [-0.4, -0.2) is 11.8 Å². The molecule has 0 spiro atoms. The minimum Gasteiger partial charge on any atom is -0.454 e. The smallest absolute Gasteiger partial charge is 0.339 e. The molecule has 0 aliphatic carbocycles. The molecule has 6 heteroatoms. The fourth-order valence-electron chi connectivity index (χ4n) is 2.51. The quantitative estimate of drug-likeness (QED) is 0.458. The van der Waals surface area contributed by atoms with Gasteiger partial charge in [0, 0.05) is 11.1 Å².